The van der Waals surface area contributed by atoms with Crippen LogP contribution < -0.4 is 10.2 Å². The first-order chi connectivity index (χ1) is 8.24. The van der Waals surface area contributed by atoms with Crippen molar-refractivity contribution in [2.24, 2.45) is 5.92 Å². The molecule has 1 saturated heterocycles. The molecule has 0 aliphatic carbocycles. The maximum Gasteiger partial charge on any atom is 0.224 e. The molecule has 1 aliphatic heterocycles. The van der Waals surface area contributed by atoms with Crippen LogP contribution in [0.3, 0.4) is 0 Å². The Bertz CT molecular complexity index is 414. The summed E-state index contributed by atoms with van der Waals surface area (Å²) in [4.78, 5) is 24.1. The predicted molar refractivity (Wildman–Crippen MR) is 63.1 cm³/mol. The fourth-order valence-corrected chi connectivity index (χ4v) is 2.17. The molecule has 1 aliphatic rings. The first kappa shape index (κ1) is 11.7. The van der Waals surface area contributed by atoms with Crippen LogP contribution in [0.15, 0.2) is 16.5 Å². The molecule has 1 N–H and O–H groups in total. The molecule has 0 saturated carbocycles. The summed E-state index contributed by atoms with van der Waals surface area (Å²) in [5, 5.41) is 2.67. The zero-order valence-electron chi connectivity index (χ0n) is 9.81. The van der Waals surface area contributed by atoms with Crippen molar-refractivity contribution in [2.75, 3.05) is 25.0 Å². The Morgan fingerprint density at radius 1 is 1.59 bits per heavy atom. The van der Waals surface area contributed by atoms with E-state index in [4.69, 9.17) is 4.42 Å². The molecule has 2 rings (SSSR count). The molecular weight excluding hydrogens is 220 g/mol. The van der Waals surface area contributed by atoms with E-state index in [0.29, 0.717) is 24.5 Å². The van der Waals surface area contributed by atoms with Gasteiger partial charge in [-0.2, -0.15) is 0 Å². The van der Waals surface area contributed by atoms with Crippen molar-refractivity contribution < 1.29 is 14.0 Å². The normalized spacial score (nSPS) is 20.1. The van der Waals surface area contributed by atoms with E-state index in [2.05, 4.69) is 5.32 Å². The Kier molecular flexibility index (Phi) is 3.46. The van der Waals surface area contributed by atoms with Crippen molar-refractivity contribution in [1.82, 2.24) is 5.32 Å². The van der Waals surface area contributed by atoms with Gasteiger partial charge in [-0.05, 0) is 18.9 Å². The average Bonchev–Trinajstić information content (AvgIpc) is 2.86. The van der Waals surface area contributed by atoms with Gasteiger partial charge in [0.05, 0.1) is 5.92 Å². The highest BCUT2D eigenvalue weighted by atomic mass is 16.4. The van der Waals surface area contributed by atoms with Crippen LogP contribution in [0.25, 0.3) is 0 Å². The monoisotopic (exact) mass is 236 g/mol. The van der Waals surface area contributed by atoms with Gasteiger partial charge in [-0.1, -0.05) is 0 Å². The number of nitrogens with one attached hydrogen (secondary N) is 1. The quantitative estimate of drug-likeness (QED) is 0.797. The highest BCUT2D eigenvalue weighted by Crippen LogP contribution is 2.24. The number of furan rings is 1. The van der Waals surface area contributed by atoms with E-state index in [1.165, 1.54) is 0 Å². The second-order valence-corrected chi connectivity index (χ2v) is 4.19. The predicted octanol–water partition coefficient (Wildman–Crippen LogP) is 1.05. The standard InChI is InChI=1S/C12H16N2O3/c1-13-12(16)9-3-2-6-14(7-9)11-5-4-10(8-15)17-11/h4-5,8-9H,2-3,6-7H2,1H3,(H,13,16). The van der Waals surface area contributed by atoms with E-state index in [1.807, 2.05) is 4.90 Å². The number of aldehydes is 1. The minimum atomic E-state index is -0.00136. The van der Waals surface area contributed by atoms with Crippen LogP contribution in [0.1, 0.15) is 23.4 Å². The van der Waals surface area contributed by atoms with Gasteiger partial charge in [-0.25, -0.2) is 0 Å². The Morgan fingerprint density at radius 3 is 3.06 bits per heavy atom. The van der Waals surface area contributed by atoms with Crippen molar-refractivity contribution in [1.29, 1.82) is 0 Å². The summed E-state index contributed by atoms with van der Waals surface area (Å²) in [5.41, 5.74) is 0. The minimum absolute atomic E-state index is 0.00136. The lowest BCUT2D eigenvalue weighted by molar-refractivity contribution is -0.124. The fourth-order valence-electron chi connectivity index (χ4n) is 2.17. The third-order valence-electron chi connectivity index (χ3n) is 3.08. The second kappa shape index (κ2) is 5.03. The van der Waals surface area contributed by atoms with Crippen molar-refractivity contribution >= 4 is 18.1 Å². The summed E-state index contributed by atoms with van der Waals surface area (Å²) in [5.74, 6) is 1.05. The Labute approximate surface area is 99.8 Å². The molecule has 2 heterocycles. The fraction of sp³-hybridized carbons (Fsp3) is 0.500. The van der Waals surface area contributed by atoms with Gasteiger partial charge in [-0.3, -0.25) is 9.59 Å². The second-order valence-electron chi connectivity index (χ2n) is 4.19. The number of rotatable bonds is 3. The van der Waals surface area contributed by atoms with Gasteiger partial charge >= 0.3 is 0 Å². The summed E-state index contributed by atoms with van der Waals surface area (Å²) < 4.78 is 5.36. The Morgan fingerprint density at radius 2 is 2.41 bits per heavy atom. The molecule has 1 amide bonds. The van der Waals surface area contributed by atoms with Crippen molar-refractivity contribution in [2.45, 2.75) is 12.8 Å². The molecule has 0 aromatic carbocycles. The molecule has 0 radical (unpaired) electrons. The summed E-state index contributed by atoms with van der Waals surface area (Å²) in [7, 11) is 1.65. The maximum atomic E-state index is 11.6. The number of carbonyl (C=O) groups excluding carboxylic acids is 2. The van der Waals surface area contributed by atoms with Gasteiger partial charge in [0, 0.05) is 26.2 Å². The van der Waals surface area contributed by atoms with E-state index in [0.717, 1.165) is 19.4 Å². The van der Waals surface area contributed by atoms with Crippen LogP contribution in [0, 0.1) is 5.92 Å². The summed E-state index contributed by atoms with van der Waals surface area (Å²) >= 11 is 0. The smallest absolute Gasteiger partial charge is 0.224 e. The van der Waals surface area contributed by atoms with Crippen LogP contribution in [0.5, 0.6) is 0 Å². The molecule has 5 nitrogen and oxygen atoms in total. The highest BCUT2D eigenvalue weighted by molar-refractivity contribution is 5.79. The molecule has 1 aromatic heterocycles. The van der Waals surface area contributed by atoms with Crippen LogP contribution in [0.2, 0.25) is 0 Å². The van der Waals surface area contributed by atoms with Gasteiger partial charge in [0.1, 0.15) is 0 Å². The first-order valence-corrected chi connectivity index (χ1v) is 5.76. The molecule has 17 heavy (non-hydrogen) atoms. The Hall–Kier alpha value is -1.78. The van der Waals surface area contributed by atoms with E-state index in [-0.39, 0.29) is 11.8 Å². The van der Waals surface area contributed by atoms with E-state index in [1.54, 1.807) is 19.2 Å². The van der Waals surface area contributed by atoms with E-state index in [9.17, 15) is 9.59 Å². The molecule has 0 spiro atoms. The van der Waals surface area contributed by atoms with Gasteiger partial charge in [0.2, 0.25) is 5.91 Å². The number of carbonyl (C=O) groups is 2. The number of anilines is 1. The first-order valence-electron chi connectivity index (χ1n) is 5.76. The molecule has 1 atom stereocenters. The van der Waals surface area contributed by atoms with E-state index < -0.39 is 0 Å². The average molecular weight is 236 g/mol. The number of hydrogen-bond acceptors (Lipinski definition) is 4. The van der Waals surface area contributed by atoms with Gasteiger partial charge in [-0.15, -0.1) is 0 Å². The number of amides is 1. The molecule has 5 heteroatoms. The van der Waals surface area contributed by atoms with Crippen molar-refractivity contribution in [3.63, 3.8) is 0 Å². The summed E-state index contributed by atoms with van der Waals surface area (Å²) in [6.07, 6.45) is 2.54. The lowest BCUT2D eigenvalue weighted by Gasteiger charge is -2.31. The SMILES string of the molecule is CNC(=O)C1CCCN(c2ccc(C=O)o2)C1. The van der Waals surface area contributed by atoms with Crippen molar-refractivity contribution in [3.8, 4) is 0 Å². The molecule has 1 fully saturated rings. The lowest BCUT2D eigenvalue weighted by Crippen LogP contribution is -2.42. The molecule has 1 aromatic rings. The maximum absolute atomic E-state index is 11.6. The third kappa shape index (κ3) is 2.49. The molecule has 1 unspecified atom stereocenters. The number of hydrogen-bond donors (Lipinski definition) is 1. The number of nitrogens with zero attached hydrogens (tertiary/aromatic N) is 1. The Balaban J connectivity index is 2.06. The molecule has 92 valence electrons. The zero-order valence-corrected chi connectivity index (χ0v) is 9.81. The zero-order chi connectivity index (χ0) is 12.3. The molecular formula is C12H16N2O3. The largest absolute Gasteiger partial charge is 0.438 e. The molecule has 0 bridgehead atoms. The topological polar surface area (TPSA) is 62.6 Å². The van der Waals surface area contributed by atoms with Gasteiger partial charge in [0.25, 0.3) is 0 Å². The van der Waals surface area contributed by atoms with Crippen LogP contribution >= 0.6 is 0 Å². The summed E-state index contributed by atoms with van der Waals surface area (Å²) in [6.45, 7) is 1.50. The van der Waals surface area contributed by atoms with Gasteiger partial charge in [0.15, 0.2) is 17.9 Å². The minimum Gasteiger partial charge on any atom is -0.438 e. The third-order valence-corrected chi connectivity index (χ3v) is 3.08. The summed E-state index contributed by atoms with van der Waals surface area (Å²) in [6, 6.07) is 3.42. The highest BCUT2D eigenvalue weighted by Gasteiger charge is 2.26. The van der Waals surface area contributed by atoms with Gasteiger partial charge < -0.3 is 14.6 Å². The van der Waals surface area contributed by atoms with Crippen LogP contribution in [-0.2, 0) is 4.79 Å². The van der Waals surface area contributed by atoms with Crippen LogP contribution in [-0.4, -0.2) is 32.3 Å². The lowest BCUT2D eigenvalue weighted by atomic mass is 9.97. The number of piperidine rings is 1. The van der Waals surface area contributed by atoms with Crippen molar-refractivity contribution in [3.05, 3.63) is 17.9 Å². The van der Waals surface area contributed by atoms with E-state index >= 15 is 0 Å². The van der Waals surface area contributed by atoms with Crippen LogP contribution in [0.4, 0.5) is 5.88 Å².